The number of carbonyl (C=O) groups is 2. The van der Waals surface area contributed by atoms with Crippen molar-refractivity contribution in [2.75, 3.05) is 5.33 Å². The molecular weight excluding hydrogens is 282 g/mol. The van der Waals surface area contributed by atoms with Gasteiger partial charge in [0.1, 0.15) is 6.10 Å². The highest BCUT2D eigenvalue weighted by molar-refractivity contribution is 9.09. The predicted octanol–water partition coefficient (Wildman–Crippen LogP) is 0.714. The Labute approximate surface area is 99.2 Å². The molecule has 1 atom stereocenters. The number of aliphatic hydroxyl groups is 1. The Balaban J connectivity index is 2.68. The van der Waals surface area contributed by atoms with Gasteiger partial charge in [0.25, 0.3) is 0 Å². The first-order chi connectivity index (χ1) is 7.04. The zero-order valence-electron chi connectivity index (χ0n) is 7.77. The number of amides is 1. The minimum absolute atomic E-state index is 0.0141. The Morgan fingerprint density at radius 1 is 1.53 bits per heavy atom. The summed E-state index contributed by atoms with van der Waals surface area (Å²) >= 11 is 4.33. The summed E-state index contributed by atoms with van der Waals surface area (Å²) in [7, 11) is 0. The van der Waals surface area contributed by atoms with Crippen LogP contribution in [0.15, 0.2) is 12.1 Å². The van der Waals surface area contributed by atoms with Crippen molar-refractivity contribution >= 4 is 39.0 Å². The van der Waals surface area contributed by atoms with Crippen LogP contribution in [0, 0.1) is 0 Å². The lowest BCUT2D eigenvalue weighted by atomic mass is 10.2. The van der Waals surface area contributed by atoms with E-state index >= 15 is 0 Å². The second-order valence-corrected chi connectivity index (χ2v) is 4.67. The predicted molar refractivity (Wildman–Crippen MR) is 61.3 cm³/mol. The fourth-order valence-electron chi connectivity index (χ4n) is 0.994. The van der Waals surface area contributed by atoms with Crippen molar-refractivity contribution in [3.05, 3.63) is 21.9 Å². The Bertz CT molecular complexity index is 377. The van der Waals surface area contributed by atoms with E-state index in [1.54, 1.807) is 12.1 Å². The molecule has 1 heterocycles. The molecule has 0 aliphatic heterocycles. The van der Waals surface area contributed by atoms with E-state index in [9.17, 15) is 14.7 Å². The van der Waals surface area contributed by atoms with Crippen LogP contribution < -0.4 is 5.73 Å². The number of aliphatic hydroxyl groups excluding tert-OH is 1. The van der Waals surface area contributed by atoms with Gasteiger partial charge in [0.2, 0.25) is 5.91 Å². The summed E-state index contributed by atoms with van der Waals surface area (Å²) < 4.78 is 0. The zero-order valence-corrected chi connectivity index (χ0v) is 10.2. The molecule has 0 aliphatic rings. The molecule has 4 nitrogen and oxygen atoms in total. The highest BCUT2D eigenvalue weighted by atomic mass is 79.9. The Hall–Kier alpha value is -0.720. The van der Waals surface area contributed by atoms with Gasteiger partial charge in [0, 0.05) is 11.3 Å². The lowest BCUT2D eigenvalue weighted by molar-refractivity contribution is -0.125. The third-order valence-corrected chi connectivity index (χ3v) is 3.44. The molecule has 0 saturated carbocycles. The summed E-state index contributed by atoms with van der Waals surface area (Å²) in [5.41, 5.74) is 4.92. The fourth-order valence-corrected chi connectivity index (χ4v) is 2.46. The molecule has 0 bridgehead atoms. The van der Waals surface area contributed by atoms with Gasteiger partial charge in [0.15, 0.2) is 5.78 Å². The van der Waals surface area contributed by atoms with Crippen molar-refractivity contribution in [2.45, 2.75) is 12.5 Å². The number of hydrogen-bond donors (Lipinski definition) is 2. The molecule has 6 heteroatoms. The fraction of sp³-hybridized carbons (Fsp3) is 0.333. The van der Waals surface area contributed by atoms with Crippen LogP contribution in [0.2, 0.25) is 0 Å². The number of hydrogen-bond acceptors (Lipinski definition) is 4. The van der Waals surface area contributed by atoms with Crippen molar-refractivity contribution in [1.29, 1.82) is 0 Å². The van der Waals surface area contributed by atoms with Gasteiger partial charge < -0.3 is 10.8 Å². The first-order valence-corrected chi connectivity index (χ1v) is 6.13. The smallest absolute Gasteiger partial charge is 0.246 e. The number of nitrogens with two attached hydrogens (primary N) is 1. The molecule has 0 saturated heterocycles. The summed E-state index contributed by atoms with van der Waals surface area (Å²) in [5.74, 6) is -0.767. The Kier molecular flexibility index (Phi) is 4.44. The molecule has 82 valence electrons. The highest BCUT2D eigenvalue weighted by Crippen LogP contribution is 2.19. The van der Waals surface area contributed by atoms with E-state index in [0.717, 1.165) is 4.88 Å². The molecule has 15 heavy (non-hydrogen) atoms. The van der Waals surface area contributed by atoms with Crippen LogP contribution >= 0.6 is 27.3 Å². The lowest BCUT2D eigenvalue weighted by Crippen LogP contribution is -2.29. The maximum Gasteiger partial charge on any atom is 0.246 e. The average Bonchev–Trinajstić information content (AvgIpc) is 2.65. The normalized spacial score (nSPS) is 12.4. The molecule has 1 aromatic heterocycles. The van der Waals surface area contributed by atoms with Crippen LogP contribution in [-0.2, 0) is 11.2 Å². The number of Topliss-reactive ketones (excluding diaryl/α,β-unsaturated/α-hetero) is 1. The van der Waals surface area contributed by atoms with Crippen LogP contribution in [0.3, 0.4) is 0 Å². The van der Waals surface area contributed by atoms with E-state index in [0.29, 0.717) is 4.88 Å². The number of primary amides is 1. The summed E-state index contributed by atoms with van der Waals surface area (Å²) in [5, 5.41) is 9.49. The summed E-state index contributed by atoms with van der Waals surface area (Å²) in [6.07, 6.45) is -1.02. The van der Waals surface area contributed by atoms with Gasteiger partial charge in [-0.05, 0) is 12.1 Å². The van der Waals surface area contributed by atoms with E-state index in [1.807, 2.05) is 0 Å². The molecule has 1 unspecified atom stereocenters. The number of halogens is 1. The molecular formula is C9H10BrNO3S. The largest absolute Gasteiger partial charge is 0.383 e. The van der Waals surface area contributed by atoms with Crippen LogP contribution in [-0.4, -0.2) is 28.2 Å². The van der Waals surface area contributed by atoms with Crippen LogP contribution in [0.5, 0.6) is 0 Å². The van der Waals surface area contributed by atoms with Crippen LogP contribution in [0.25, 0.3) is 0 Å². The van der Waals surface area contributed by atoms with Gasteiger partial charge in [-0.3, -0.25) is 9.59 Å². The number of alkyl halides is 1. The van der Waals surface area contributed by atoms with Crippen molar-refractivity contribution in [3.63, 3.8) is 0 Å². The van der Waals surface area contributed by atoms with Gasteiger partial charge in [-0.1, -0.05) is 15.9 Å². The molecule has 0 spiro atoms. The van der Waals surface area contributed by atoms with Crippen molar-refractivity contribution in [1.82, 2.24) is 0 Å². The molecule has 0 aromatic carbocycles. The van der Waals surface area contributed by atoms with Gasteiger partial charge in [-0.25, -0.2) is 0 Å². The van der Waals surface area contributed by atoms with Gasteiger partial charge >= 0.3 is 0 Å². The Morgan fingerprint density at radius 3 is 2.73 bits per heavy atom. The molecule has 0 radical (unpaired) electrons. The average molecular weight is 292 g/mol. The maximum absolute atomic E-state index is 11.3. The van der Waals surface area contributed by atoms with Crippen LogP contribution in [0.4, 0.5) is 0 Å². The van der Waals surface area contributed by atoms with Crippen molar-refractivity contribution < 1.29 is 14.7 Å². The van der Waals surface area contributed by atoms with Crippen molar-refractivity contribution in [3.8, 4) is 0 Å². The first-order valence-electron chi connectivity index (χ1n) is 4.20. The standard InChI is InChI=1S/C9H10BrNO3S/c10-4-7(13)8-2-1-5(15-8)3-6(12)9(11)14/h1-2,6,12H,3-4H2,(H2,11,14). The minimum atomic E-state index is -1.18. The summed E-state index contributed by atoms with van der Waals surface area (Å²) in [4.78, 5) is 23.2. The Morgan fingerprint density at radius 2 is 2.20 bits per heavy atom. The highest BCUT2D eigenvalue weighted by Gasteiger charge is 2.14. The summed E-state index contributed by atoms with van der Waals surface area (Å²) in [6.45, 7) is 0. The molecule has 0 fully saturated rings. The number of carbonyl (C=O) groups excluding carboxylic acids is 2. The topological polar surface area (TPSA) is 80.4 Å². The number of rotatable bonds is 5. The van der Waals surface area contributed by atoms with Gasteiger partial charge in [-0.15, -0.1) is 11.3 Å². The molecule has 1 aromatic rings. The zero-order chi connectivity index (χ0) is 11.4. The molecule has 1 rings (SSSR count). The lowest BCUT2D eigenvalue weighted by Gasteiger charge is -2.02. The maximum atomic E-state index is 11.3. The van der Waals surface area contributed by atoms with Crippen LogP contribution in [0.1, 0.15) is 14.5 Å². The molecule has 0 aliphatic carbocycles. The van der Waals surface area contributed by atoms with E-state index in [-0.39, 0.29) is 17.5 Å². The molecule has 3 N–H and O–H groups in total. The van der Waals surface area contributed by atoms with E-state index in [2.05, 4.69) is 15.9 Å². The van der Waals surface area contributed by atoms with Gasteiger partial charge in [0.05, 0.1) is 10.2 Å². The molecule has 1 amide bonds. The monoisotopic (exact) mass is 291 g/mol. The third kappa shape index (κ3) is 3.40. The quantitative estimate of drug-likeness (QED) is 0.619. The number of ketones is 1. The SMILES string of the molecule is NC(=O)C(O)Cc1ccc(C(=O)CBr)s1. The minimum Gasteiger partial charge on any atom is -0.383 e. The van der Waals surface area contributed by atoms with E-state index < -0.39 is 12.0 Å². The number of thiophene rings is 1. The second-order valence-electron chi connectivity index (χ2n) is 2.95. The van der Waals surface area contributed by atoms with Gasteiger partial charge in [-0.2, -0.15) is 0 Å². The first kappa shape index (κ1) is 12.4. The van der Waals surface area contributed by atoms with Crippen molar-refractivity contribution in [2.24, 2.45) is 5.73 Å². The summed E-state index contributed by atoms with van der Waals surface area (Å²) in [6, 6.07) is 3.39. The van der Waals surface area contributed by atoms with E-state index in [4.69, 9.17) is 5.73 Å². The van der Waals surface area contributed by atoms with E-state index in [1.165, 1.54) is 11.3 Å². The third-order valence-electron chi connectivity index (χ3n) is 1.78. The second kappa shape index (κ2) is 5.39.